The molecular weight excluding hydrogens is 267 g/mol. The molecule has 2 aromatic rings. The summed E-state index contributed by atoms with van der Waals surface area (Å²) < 4.78 is 5.10. The van der Waals surface area contributed by atoms with Crippen molar-refractivity contribution in [1.82, 2.24) is 0 Å². The maximum atomic E-state index is 6.09. The number of hydrogen-bond acceptors (Lipinski definition) is 1. The van der Waals surface area contributed by atoms with Crippen LogP contribution in [0.2, 0.25) is 10.0 Å². The average molecular weight is 279 g/mol. The van der Waals surface area contributed by atoms with Gasteiger partial charge in [-0.15, -0.1) is 0 Å². The van der Waals surface area contributed by atoms with E-state index in [9.17, 15) is 0 Å². The second-order valence-electron chi connectivity index (χ2n) is 3.74. The molecule has 0 amide bonds. The third-order valence-electron chi connectivity index (χ3n) is 2.56. The zero-order valence-corrected chi connectivity index (χ0v) is 11.4. The number of ether oxygens (including phenoxy) is 1. The summed E-state index contributed by atoms with van der Waals surface area (Å²) in [6.45, 7) is 0. The van der Waals surface area contributed by atoms with Crippen molar-refractivity contribution < 1.29 is 4.74 Å². The van der Waals surface area contributed by atoms with Gasteiger partial charge in [0.25, 0.3) is 0 Å². The summed E-state index contributed by atoms with van der Waals surface area (Å²) >= 11 is 12.2. The molecule has 2 rings (SSSR count). The summed E-state index contributed by atoms with van der Waals surface area (Å²) in [7, 11) is 1.65. The van der Waals surface area contributed by atoms with Gasteiger partial charge in [-0.05, 0) is 29.8 Å². The Balaban J connectivity index is 2.24. The van der Waals surface area contributed by atoms with Gasteiger partial charge in [-0.3, -0.25) is 0 Å². The van der Waals surface area contributed by atoms with Crippen molar-refractivity contribution in [2.24, 2.45) is 0 Å². The Hall–Kier alpha value is -1.44. The van der Waals surface area contributed by atoms with Crippen LogP contribution in [0.1, 0.15) is 11.1 Å². The van der Waals surface area contributed by atoms with Crippen molar-refractivity contribution in [3.63, 3.8) is 0 Å². The van der Waals surface area contributed by atoms with Gasteiger partial charge in [0.15, 0.2) is 0 Å². The maximum Gasteiger partial charge on any atom is 0.118 e. The van der Waals surface area contributed by atoms with E-state index in [2.05, 4.69) is 0 Å². The molecule has 3 heteroatoms. The first kappa shape index (κ1) is 13.0. The van der Waals surface area contributed by atoms with E-state index in [1.54, 1.807) is 7.11 Å². The molecule has 0 radical (unpaired) electrons. The zero-order chi connectivity index (χ0) is 13.0. The Morgan fingerprint density at radius 1 is 0.889 bits per heavy atom. The lowest BCUT2D eigenvalue weighted by molar-refractivity contribution is 0.415. The number of hydrogen-bond donors (Lipinski definition) is 0. The fourth-order valence-electron chi connectivity index (χ4n) is 1.56. The van der Waals surface area contributed by atoms with Gasteiger partial charge in [0.1, 0.15) is 5.75 Å². The fourth-order valence-corrected chi connectivity index (χ4v) is 2.09. The van der Waals surface area contributed by atoms with Crippen molar-refractivity contribution in [1.29, 1.82) is 0 Å². The molecule has 0 bridgehead atoms. The van der Waals surface area contributed by atoms with Gasteiger partial charge < -0.3 is 4.74 Å². The Morgan fingerprint density at radius 2 is 1.50 bits per heavy atom. The minimum atomic E-state index is 0.646. The molecule has 2 aromatic carbocycles. The molecule has 0 heterocycles. The summed E-state index contributed by atoms with van der Waals surface area (Å²) in [4.78, 5) is 0. The molecule has 0 saturated heterocycles. The molecule has 0 unspecified atom stereocenters. The lowest BCUT2D eigenvalue weighted by atomic mass is 10.1. The van der Waals surface area contributed by atoms with Crippen molar-refractivity contribution in [3.05, 3.63) is 63.6 Å². The van der Waals surface area contributed by atoms with Crippen molar-refractivity contribution in [3.8, 4) is 5.75 Å². The standard InChI is InChI=1S/C15H12Cl2O/c1-18-12-8-5-11(6-9-12)7-10-13-14(16)3-2-4-15(13)17/h2-10H,1H3. The van der Waals surface area contributed by atoms with Crippen LogP contribution in [0, 0.1) is 0 Å². The molecule has 0 aromatic heterocycles. The predicted molar refractivity (Wildman–Crippen MR) is 78.4 cm³/mol. The smallest absolute Gasteiger partial charge is 0.118 e. The van der Waals surface area contributed by atoms with Gasteiger partial charge in [0.2, 0.25) is 0 Å². The number of halogens is 2. The molecule has 0 aliphatic heterocycles. The molecule has 0 spiro atoms. The molecule has 0 atom stereocenters. The van der Waals surface area contributed by atoms with Crippen LogP contribution in [-0.2, 0) is 0 Å². The maximum absolute atomic E-state index is 6.09. The van der Waals surface area contributed by atoms with Crippen LogP contribution in [0.25, 0.3) is 12.2 Å². The van der Waals surface area contributed by atoms with E-state index in [1.807, 2.05) is 54.6 Å². The lowest BCUT2D eigenvalue weighted by Crippen LogP contribution is -1.81. The summed E-state index contributed by atoms with van der Waals surface area (Å²) in [5.74, 6) is 0.836. The van der Waals surface area contributed by atoms with E-state index in [0.29, 0.717) is 10.0 Å². The summed E-state index contributed by atoms with van der Waals surface area (Å²) in [6.07, 6.45) is 3.87. The second kappa shape index (κ2) is 5.94. The van der Waals surface area contributed by atoms with Gasteiger partial charge in [-0.2, -0.15) is 0 Å². The predicted octanol–water partition coefficient (Wildman–Crippen LogP) is 5.17. The van der Waals surface area contributed by atoms with E-state index in [4.69, 9.17) is 27.9 Å². The second-order valence-corrected chi connectivity index (χ2v) is 4.56. The number of methoxy groups -OCH3 is 1. The van der Waals surface area contributed by atoms with Crippen LogP contribution in [0.5, 0.6) is 5.75 Å². The minimum absolute atomic E-state index is 0.646. The normalized spacial score (nSPS) is 10.8. The Labute approximate surface area is 117 Å². The van der Waals surface area contributed by atoms with Crippen molar-refractivity contribution in [2.75, 3.05) is 7.11 Å². The van der Waals surface area contributed by atoms with Gasteiger partial charge in [-0.25, -0.2) is 0 Å². The van der Waals surface area contributed by atoms with Gasteiger partial charge in [0.05, 0.1) is 7.11 Å². The van der Waals surface area contributed by atoms with Gasteiger partial charge in [-0.1, -0.05) is 53.6 Å². The van der Waals surface area contributed by atoms with Crippen LogP contribution >= 0.6 is 23.2 Å². The SMILES string of the molecule is COc1ccc(C=Cc2c(Cl)cccc2Cl)cc1. The van der Waals surface area contributed by atoms with Gasteiger partial charge >= 0.3 is 0 Å². The van der Waals surface area contributed by atoms with Crippen LogP contribution in [0.3, 0.4) is 0 Å². The molecule has 92 valence electrons. The minimum Gasteiger partial charge on any atom is -0.497 e. The highest BCUT2D eigenvalue weighted by Gasteiger charge is 2.00. The number of rotatable bonds is 3. The third kappa shape index (κ3) is 3.06. The van der Waals surface area contributed by atoms with Crippen molar-refractivity contribution >= 4 is 35.4 Å². The largest absolute Gasteiger partial charge is 0.497 e. The highest BCUT2D eigenvalue weighted by atomic mass is 35.5. The van der Waals surface area contributed by atoms with E-state index in [0.717, 1.165) is 16.9 Å². The number of benzene rings is 2. The first-order chi connectivity index (χ1) is 8.70. The highest BCUT2D eigenvalue weighted by molar-refractivity contribution is 6.37. The molecule has 1 nitrogen and oxygen atoms in total. The Bertz CT molecular complexity index is 539. The molecule has 0 N–H and O–H groups in total. The summed E-state index contributed by atoms with van der Waals surface area (Å²) in [5.41, 5.74) is 1.89. The summed E-state index contributed by atoms with van der Waals surface area (Å²) in [5, 5.41) is 1.29. The Morgan fingerprint density at radius 3 is 2.06 bits per heavy atom. The molecule has 18 heavy (non-hydrogen) atoms. The quantitative estimate of drug-likeness (QED) is 0.704. The average Bonchev–Trinajstić information content (AvgIpc) is 2.39. The first-order valence-corrected chi connectivity index (χ1v) is 6.22. The Kier molecular flexibility index (Phi) is 4.29. The van der Waals surface area contributed by atoms with E-state index < -0.39 is 0 Å². The fraction of sp³-hybridized carbons (Fsp3) is 0.0667. The van der Waals surface area contributed by atoms with Crippen LogP contribution in [-0.4, -0.2) is 7.11 Å². The van der Waals surface area contributed by atoms with Crippen LogP contribution in [0.4, 0.5) is 0 Å². The van der Waals surface area contributed by atoms with Crippen molar-refractivity contribution in [2.45, 2.75) is 0 Å². The highest BCUT2D eigenvalue weighted by Crippen LogP contribution is 2.26. The lowest BCUT2D eigenvalue weighted by Gasteiger charge is -2.02. The molecule has 0 aliphatic rings. The van der Waals surface area contributed by atoms with Gasteiger partial charge in [0, 0.05) is 15.6 Å². The summed E-state index contributed by atoms with van der Waals surface area (Å²) in [6, 6.07) is 13.2. The van der Waals surface area contributed by atoms with E-state index in [-0.39, 0.29) is 0 Å². The topological polar surface area (TPSA) is 9.23 Å². The molecule has 0 saturated carbocycles. The molecular formula is C15H12Cl2O. The van der Waals surface area contributed by atoms with Crippen LogP contribution < -0.4 is 4.74 Å². The zero-order valence-electron chi connectivity index (χ0n) is 9.86. The van der Waals surface area contributed by atoms with Crippen LogP contribution in [0.15, 0.2) is 42.5 Å². The van der Waals surface area contributed by atoms with E-state index >= 15 is 0 Å². The first-order valence-electron chi connectivity index (χ1n) is 5.47. The third-order valence-corrected chi connectivity index (χ3v) is 3.22. The monoisotopic (exact) mass is 278 g/mol. The molecule has 0 aliphatic carbocycles. The van der Waals surface area contributed by atoms with E-state index in [1.165, 1.54) is 0 Å². The molecule has 0 fully saturated rings.